The smallest absolute Gasteiger partial charge is 0.309 e. The van der Waals surface area contributed by atoms with Crippen molar-refractivity contribution < 1.29 is 19.3 Å². The molecule has 2 fully saturated rings. The number of nitrogens with one attached hydrogen (secondary N) is 1. The number of carbonyl (C=O) groups excluding carboxylic acids is 2. The predicted molar refractivity (Wildman–Crippen MR) is 96.1 cm³/mol. The first-order valence-corrected chi connectivity index (χ1v) is 9.25. The van der Waals surface area contributed by atoms with Crippen LogP contribution in [0.2, 0.25) is 0 Å². The van der Waals surface area contributed by atoms with E-state index in [4.69, 9.17) is 9.68 Å². The molecule has 10 heteroatoms. The van der Waals surface area contributed by atoms with Crippen LogP contribution in [0.3, 0.4) is 0 Å². The van der Waals surface area contributed by atoms with Gasteiger partial charge in [-0.3, -0.25) is 19.2 Å². The van der Waals surface area contributed by atoms with Crippen molar-refractivity contribution in [1.82, 2.24) is 30.4 Å². The number of amides is 3. The average molecular weight is 386 g/mol. The van der Waals surface area contributed by atoms with Gasteiger partial charge in [0.15, 0.2) is 0 Å². The van der Waals surface area contributed by atoms with Crippen molar-refractivity contribution >= 4 is 11.9 Å². The highest BCUT2D eigenvalue weighted by molar-refractivity contribution is 5.88. The van der Waals surface area contributed by atoms with Gasteiger partial charge in [-0.1, -0.05) is 35.5 Å². The van der Waals surface area contributed by atoms with Gasteiger partial charge in [-0.15, -0.1) is 5.10 Å². The molecule has 3 amide bonds. The van der Waals surface area contributed by atoms with Gasteiger partial charge < -0.3 is 4.90 Å². The lowest BCUT2D eigenvalue weighted by atomic mass is 10.0. The molecule has 2 aromatic rings. The molecule has 2 bridgehead atoms. The fraction of sp³-hybridized carbons (Fsp3) is 0.444. The molecule has 1 aromatic heterocycles. The summed E-state index contributed by atoms with van der Waals surface area (Å²) < 4.78 is 1.60. The standard InChI is InChI=1S/C18H22N6O4/c25-17(20-27-11-10-22-9-8-19-21-22)16-7-6-15-12-23(16)18(26)24(15)28-13-14-4-2-1-3-5-14/h1-5,8-9,15-16H,6-7,10-13H2,(H,20,25)/t15-,16+/m1/s1. The minimum absolute atomic E-state index is 0.0338. The number of hydrogen-bond acceptors (Lipinski definition) is 6. The molecule has 3 heterocycles. The van der Waals surface area contributed by atoms with Crippen molar-refractivity contribution in [1.29, 1.82) is 0 Å². The zero-order chi connectivity index (χ0) is 19.3. The van der Waals surface area contributed by atoms with E-state index in [2.05, 4.69) is 15.8 Å². The molecule has 0 radical (unpaired) electrons. The van der Waals surface area contributed by atoms with Crippen LogP contribution >= 0.6 is 0 Å². The first-order valence-electron chi connectivity index (χ1n) is 9.25. The van der Waals surface area contributed by atoms with Gasteiger partial charge in [0.2, 0.25) is 0 Å². The third kappa shape index (κ3) is 3.97. The maximum Gasteiger partial charge on any atom is 0.345 e. The van der Waals surface area contributed by atoms with Crippen molar-refractivity contribution in [3.8, 4) is 0 Å². The summed E-state index contributed by atoms with van der Waals surface area (Å²) >= 11 is 0. The minimum atomic E-state index is -0.555. The Bertz CT molecular complexity index is 800. The Morgan fingerprint density at radius 1 is 1.25 bits per heavy atom. The zero-order valence-electron chi connectivity index (χ0n) is 15.3. The lowest BCUT2D eigenvalue weighted by molar-refractivity contribution is -0.141. The highest BCUT2D eigenvalue weighted by atomic mass is 16.7. The monoisotopic (exact) mass is 386 g/mol. The van der Waals surface area contributed by atoms with Crippen LogP contribution in [0.4, 0.5) is 4.79 Å². The molecule has 0 spiro atoms. The normalized spacial score (nSPS) is 21.2. The topological polar surface area (TPSA) is 102 Å². The predicted octanol–water partition coefficient (Wildman–Crippen LogP) is 0.726. The molecule has 2 aliphatic heterocycles. The lowest BCUT2D eigenvalue weighted by Crippen LogP contribution is -2.49. The fourth-order valence-electron chi connectivity index (χ4n) is 3.47. The van der Waals surface area contributed by atoms with Gasteiger partial charge in [0.25, 0.3) is 5.91 Å². The van der Waals surface area contributed by atoms with Crippen LogP contribution in [-0.2, 0) is 27.6 Å². The molecule has 4 rings (SSSR count). The zero-order valence-corrected chi connectivity index (χ0v) is 15.3. The highest BCUT2D eigenvalue weighted by Crippen LogP contribution is 2.30. The SMILES string of the molecule is O=C(NOCCn1ccnn1)[C@@H]1CC[C@@H]2CN1C(=O)N2OCc1ccccc1. The van der Waals surface area contributed by atoms with Crippen LogP contribution in [0.15, 0.2) is 42.7 Å². The van der Waals surface area contributed by atoms with Crippen LogP contribution in [0.1, 0.15) is 18.4 Å². The number of carbonyl (C=O) groups is 2. The number of urea groups is 1. The number of aromatic nitrogens is 3. The van der Waals surface area contributed by atoms with E-state index in [1.54, 1.807) is 22.0 Å². The Labute approximate surface area is 161 Å². The first kappa shape index (κ1) is 18.4. The number of rotatable bonds is 8. The molecule has 2 aliphatic rings. The van der Waals surface area contributed by atoms with Crippen LogP contribution < -0.4 is 5.48 Å². The van der Waals surface area contributed by atoms with Gasteiger partial charge in [-0.05, 0) is 18.4 Å². The molecular weight excluding hydrogens is 364 g/mol. The van der Waals surface area contributed by atoms with E-state index in [0.717, 1.165) is 5.56 Å². The summed E-state index contributed by atoms with van der Waals surface area (Å²) in [5.74, 6) is -0.324. The van der Waals surface area contributed by atoms with Crippen LogP contribution in [-0.4, -0.2) is 62.1 Å². The molecule has 0 unspecified atom stereocenters. The number of hydrogen-bond donors (Lipinski definition) is 1. The van der Waals surface area contributed by atoms with E-state index in [1.165, 1.54) is 5.06 Å². The second-order valence-electron chi connectivity index (χ2n) is 6.75. The van der Waals surface area contributed by atoms with Crippen LogP contribution in [0.5, 0.6) is 0 Å². The van der Waals surface area contributed by atoms with Crippen molar-refractivity contribution in [3.05, 3.63) is 48.3 Å². The Balaban J connectivity index is 1.26. The quantitative estimate of drug-likeness (QED) is 0.530. The summed E-state index contributed by atoms with van der Waals surface area (Å²) in [6.07, 6.45) is 4.55. The van der Waals surface area contributed by atoms with E-state index in [0.29, 0.717) is 32.5 Å². The summed E-state index contributed by atoms with van der Waals surface area (Å²) in [4.78, 5) is 37.7. The Kier molecular flexibility index (Phi) is 5.49. The molecular formula is C18H22N6O4. The van der Waals surface area contributed by atoms with Crippen molar-refractivity contribution in [2.75, 3.05) is 13.2 Å². The number of piperidine rings is 1. The molecule has 2 atom stereocenters. The van der Waals surface area contributed by atoms with Gasteiger partial charge in [-0.25, -0.2) is 10.3 Å². The molecule has 2 saturated heterocycles. The molecule has 1 aromatic carbocycles. The van der Waals surface area contributed by atoms with E-state index >= 15 is 0 Å². The van der Waals surface area contributed by atoms with E-state index in [-0.39, 0.29) is 24.6 Å². The number of benzene rings is 1. The van der Waals surface area contributed by atoms with Crippen LogP contribution in [0.25, 0.3) is 0 Å². The molecule has 0 saturated carbocycles. The van der Waals surface area contributed by atoms with E-state index < -0.39 is 6.04 Å². The van der Waals surface area contributed by atoms with Gasteiger partial charge >= 0.3 is 6.03 Å². The Hall–Kier alpha value is -2.98. The first-order chi connectivity index (χ1) is 13.7. The summed E-state index contributed by atoms with van der Waals surface area (Å²) in [6.45, 7) is 1.52. The molecule has 1 N–H and O–H groups in total. The molecule has 0 aliphatic carbocycles. The molecule has 28 heavy (non-hydrogen) atoms. The largest absolute Gasteiger partial charge is 0.345 e. The van der Waals surface area contributed by atoms with Crippen molar-refractivity contribution in [2.24, 2.45) is 0 Å². The lowest BCUT2D eigenvalue weighted by Gasteiger charge is -2.28. The summed E-state index contributed by atoms with van der Waals surface area (Å²) in [5, 5.41) is 8.92. The maximum atomic E-state index is 12.7. The highest BCUT2D eigenvalue weighted by Gasteiger charge is 2.48. The number of nitrogens with zero attached hydrogens (tertiary/aromatic N) is 5. The van der Waals surface area contributed by atoms with Gasteiger partial charge in [-0.2, -0.15) is 5.06 Å². The number of hydroxylamine groups is 3. The van der Waals surface area contributed by atoms with Crippen molar-refractivity contribution in [2.45, 2.75) is 38.1 Å². The minimum Gasteiger partial charge on any atom is -0.309 e. The summed E-state index contributed by atoms with van der Waals surface area (Å²) in [5.41, 5.74) is 3.42. The Morgan fingerprint density at radius 2 is 2.11 bits per heavy atom. The fourth-order valence-corrected chi connectivity index (χ4v) is 3.47. The third-order valence-electron chi connectivity index (χ3n) is 4.91. The van der Waals surface area contributed by atoms with Crippen molar-refractivity contribution in [3.63, 3.8) is 0 Å². The Morgan fingerprint density at radius 3 is 2.89 bits per heavy atom. The number of fused-ring (bicyclic) bond motifs is 2. The summed E-state index contributed by atoms with van der Waals surface area (Å²) in [7, 11) is 0. The maximum absolute atomic E-state index is 12.7. The van der Waals surface area contributed by atoms with E-state index in [9.17, 15) is 9.59 Å². The van der Waals surface area contributed by atoms with E-state index in [1.807, 2.05) is 30.3 Å². The van der Waals surface area contributed by atoms with Crippen LogP contribution in [0, 0.1) is 0 Å². The second kappa shape index (κ2) is 8.36. The second-order valence-corrected chi connectivity index (χ2v) is 6.75. The van der Waals surface area contributed by atoms with Gasteiger partial charge in [0.1, 0.15) is 12.6 Å². The van der Waals surface area contributed by atoms with Gasteiger partial charge in [0, 0.05) is 12.7 Å². The van der Waals surface area contributed by atoms with Gasteiger partial charge in [0.05, 0.1) is 25.4 Å². The summed E-state index contributed by atoms with van der Waals surface area (Å²) in [6, 6.07) is 8.81. The molecule has 148 valence electrons. The third-order valence-corrected chi connectivity index (χ3v) is 4.91. The average Bonchev–Trinajstić information content (AvgIpc) is 3.32. The molecule has 10 nitrogen and oxygen atoms in total.